The van der Waals surface area contributed by atoms with Crippen LogP contribution in [0.4, 0.5) is 10.5 Å². The Morgan fingerprint density at radius 3 is 2.70 bits per heavy atom. The molecule has 3 rings (SSSR count). The minimum Gasteiger partial charge on any atom is -0.444 e. The van der Waals surface area contributed by atoms with Crippen LogP contribution in [0.25, 0.3) is 0 Å². The van der Waals surface area contributed by atoms with Gasteiger partial charge in [0.2, 0.25) is 0 Å². The number of fused-ring (bicyclic) bond motifs is 2. The molecule has 1 atom stereocenters. The van der Waals surface area contributed by atoms with E-state index in [1.54, 1.807) is 0 Å². The van der Waals surface area contributed by atoms with Crippen LogP contribution in [0.2, 0.25) is 0 Å². The second kappa shape index (κ2) is 4.48. The van der Waals surface area contributed by atoms with Crippen molar-refractivity contribution in [3.05, 3.63) is 29.3 Å². The number of carbonyl (C=O) groups excluding carboxylic acids is 1. The summed E-state index contributed by atoms with van der Waals surface area (Å²) in [7, 11) is 0. The molecule has 1 aliphatic heterocycles. The summed E-state index contributed by atoms with van der Waals surface area (Å²) in [6.45, 7) is 6.68. The van der Waals surface area contributed by atoms with E-state index in [2.05, 4.69) is 22.8 Å². The van der Waals surface area contributed by atoms with Crippen molar-refractivity contribution >= 4 is 11.8 Å². The normalized spacial score (nSPS) is 24.1. The van der Waals surface area contributed by atoms with Crippen LogP contribution >= 0.6 is 0 Å². The second-order valence-corrected chi connectivity index (χ2v) is 6.76. The Hall–Kier alpha value is -1.55. The maximum atomic E-state index is 11.8. The van der Waals surface area contributed by atoms with Crippen LogP contribution in [-0.4, -0.2) is 18.2 Å². The third kappa shape index (κ3) is 2.40. The quantitative estimate of drug-likeness (QED) is 0.827. The summed E-state index contributed by atoms with van der Waals surface area (Å²) in [6.07, 6.45) is 3.08. The number of ether oxygens (including phenoxy) is 1. The van der Waals surface area contributed by atoms with Crippen molar-refractivity contribution in [2.24, 2.45) is 0 Å². The summed E-state index contributed by atoms with van der Waals surface area (Å²) in [6, 6.07) is 6.18. The average Bonchev–Trinajstić information content (AvgIpc) is 2.64. The molecule has 108 valence electrons. The Morgan fingerprint density at radius 1 is 1.35 bits per heavy atom. The number of nitrogens with one attached hydrogen (secondary N) is 2. The van der Waals surface area contributed by atoms with E-state index in [1.165, 1.54) is 17.5 Å². The van der Waals surface area contributed by atoms with Gasteiger partial charge in [-0.1, -0.05) is 6.07 Å². The predicted octanol–water partition coefficient (Wildman–Crippen LogP) is 3.17. The highest BCUT2D eigenvalue weighted by Gasteiger charge is 2.43. The lowest BCUT2D eigenvalue weighted by molar-refractivity contribution is 0.0636. The molecule has 0 unspecified atom stereocenters. The summed E-state index contributed by atoms with van der Waals surface area (Å²) in [5, 5.41) is 6.38. The van der Waals surface area contributed by atoms with Crippen LogP contribution in [-0.2, 0) is 16.7 Å². The molecule has 4 heteroatoms. The fraction of sp³-hybridized carbons (Fsp3) is 0.562. The van der Waals surface area contributed by atoms with Gasteiger partial charge in [-0.15, -0.1) is 0 Å². The van der Waals surface area contributed by atoms with Crippen molar-refractivity contribution in [2.75, 3.05) is 11.9 Å². The van der Waals surface area contributed by atoms with Crippen molar-refractivity contribution < 1.29 is 9.53 Å². The minimum absolute atomic E-state index is 0.168. The van der Waals surface area contributed by atoms with Crippen LogP contribution in [0.3, 0.4) is 0 Å². The van der Waals surface area contributed by atoms with E-state index in [0.29, 0.717) is 0 Å². The number of carbonyl (C=O) groups is 1. The molecule has 1 heterocycles. The number of anilines is 1. The fourth-order valence-corrected chi connectivity index (χ4v) is 3.09. The number of amides is 1. The molecule has 2 N–H and O–H groups in total. The van der Waals surface area contributed by atoms with Gasteiger partial charge in [0.1, 0.15) is 5.60 Å². The van der Waals surface area contributed by atoms with E-state index in [0.717, 1.165) is 25.1 Å². The van der Waals surface area contributed by atoms with Crippen LogP contribution in [0.15, 0.2) is 18.2 Å². The molecule has 1 fully saturated rings. The Kier molecular flexibility index (Phi) is 3.01. The van der Waals surface area contributed by atoms with Crippen molar-refractivity contribution in [1.82, 2.24) is 5.32 Å². The third-order valence-electron chi connectivity index (χ3n) is 4.11. The first-order chi connectivity index (χ1) is 9.38. The van der Waals surface area contributed by atoms with E-state index >= 15 is 0 Å². The standard InChI is InChI=1S/C16H22N2O2/c1-15(2,3)20-14(19)18-12-5-4-11-6-7-16(8-9-17-16)13(11)10-12/h4-5,10,17H,6-9H2,1-3H3,(H,18,19)/t16-/m1/s1. The Bertz CT molecular complexity index is 542. The zero-order valence-corrected chi connectivity index (χ0v) is 12.4. The first kappa shape index (κ1) is 13.4. The van der Waals surface area contributed by atoms with Gasteiger partial charge in [0.15, 0.2) is 0 Å². The molecule has 1 spiro atoms. The summed E-state index contributed by atoms with van der Waals surface area (Å²) in [5.41, 5.74) is 3.25. The Balaban J connectivity index is 1.76. The highest BCUT2D eigenvalue weighted by molar-refractivity contribution is 5.85. The molecule has 0 bridgehead atoms. The lowest BCUT2D eigenvalue weighted by Crippen LogP contribution is -2.52. The van der Waals surface area contributed by atoms with Gasteiger partial charge in [-0.25, -0.2) is 4.79 Å². The third-order valence-corrected chi connectivity index (χ3v) is 4.11. The first-order valence-electron chi connectivity index (χ1n) is 7.26. The molecule has 1 saturated heterocycles. The number of aryl methyl sites for hydroxylation is 1. The van der Waals surface area contributed by atoms with Gasteiger partial charge in [0, 0.05) is 11.2 Å². The Morgan fingerprint density at radius 2 is 2.10 bits per heavy atom. The largest absolute Gasteiger partial charge is 0.444 e. The number of rotatable bonds is 1. The highest BCUT2D eigenvalue weighted by Crippen LogP contribution is 2.44. The van der Waals surface area contributed by atoms with Gasteiger partial charge >= 0.3 is 6.09 Å². The predicted molar refractivity (Wildman–Crippen MR) is 78.9 cm³/mol. The summed E-state index contributed by atoms with van der Waals surface area (Å²) in [5.74, 6) is 0. The van der Waals surface area contributed by atoms with Gasteiger partial charge in [0.05, 0.1) is 0 Å². The van der Waals surface area contributed by atoms with Crippen LogP contribution < -0.4 is 10.6 Å². The zero-order chi connectivity index (χ0) is 14.4. The zero-order valence-electron chi connectivity index (χ0n) is 12.4. The summed E-state index contributed by atoms with van der Waals surface area (Å²) in [4.78, 5) is 11.8. The van der Waals surface area contributed by atoms with Crippen LogP contribution in [0.5, 0.6) is 0 Å². The average molecular weight is 274 g/mol. The first-order valence-corrected chi connectivity index (χ1v) is 7.26. The lowest BCUT2D eigenvalue weighted by Gasteiger charge is -2.41. The molecular formula is C16H22N2O2. The molecule has 1 aromatic carbocycles. The Labute approximate surface area is 119 Å². The topological polar surface area (TPSA) is 50.4 Å². The fourth-order valence-electron chi connectivity index (χ4n) is 3.09. The molecular weight excluding hydrogens is 252 g/mol. The van der Waals surface area contributed by atoms with Crippen molar-refractivity contribution in [2.45, 2.75) is 51.2 Å². The van der Waals surface area contributed by atoms with Gasteiger partial charge in [-0.3, -0.25) is 5.32 Å². The van der Waals surface area contributed by atoms with E-state index in [1.807, 2.05) is 26.8 Å². The summed E-state index contributed by atoms with van der Waals surface area (Å²) >= 11 is 0. The van der Waals surface area contributed by atoms with Crippen LogP contribution in [0.1, 0.15) is 44.7 Å². The molecule has 0 radical (unpaired) electrons. The minimum atomic E-state index is -0.475. The van der Waals surface area contributed by atoms with Crippen LogP contribution in [0, 0.1) is 0 Å². The maximum absolute atomic E-state index is 11.8. The van der Waals surface area contributed by atoms with Gasteiger partial charge in [-0.2, -0.15) is 0 Å². The molecule has 1 amide bonds. The second-order valence-electron chi connectivity index (χ2n) is 6.76. The van der Waals surface area contributed by atoms with Gasteiger partial charge in [-0.05, 0) is 69.8 Å². The lowest BCUT2D eigenvalue weighted by atomic mass is 9.82. The molecule has 2 aliphatic rings. The van der Waals surface area contributed by atoms with Crippen molar-refractivity contribution in [3.63, 3.8) is 0 Å². The van der Waals surface area contributed by atoms with E-state index in [9.17, 15) is 4.79 Å². The monoisotopic (exact) mass is 274 g/mol. The molecule has 1 aliphatic carbocycles. The smallest absolute Gasteiger partial charge is 0.412 e. The molecule has 1 aromatic rings. The SMILES string of the molecule is CC(C)(C)OC(=O)Nc1ccc2c(c1)[C@]1(CCN1)CC2. The number of benzene rings is 1. The molecule has 0 aromatic heterocycles. The molecule has 0 saturated carbocycles. The number of hydrogen-bond acceptors (Lipinski definition) is 3. The van der Waals surface area contributed by atoms with E-state index < -0.39 is 11.7 Å². The molecule has 4 nitrogen and oxygen atoms in total. The summed E-state index contributed by atoms with van der Waals surface area (Å²) < 4.78 is 5.29. The number of hydrogen-bond donors (Lipinski definition) is 2. The maximum Gasteiger partial charge on any atom is 0.412 e. The van der Waals surface area contributed by atoms with Gasteiger partial charge in [0.25, 0.3) is 0 Å². The van der Waals surface area contributed by atoms with Crippen molar-refractivity contribution in [1.29, 1.82) is 0 Å². The molecule has 20 heavy (non-hydrogen) atoms. The van der Waals surface area contributed by atoms with E-state index in [-0.39, 0.29) is 5.54 Å². The van der Waals surface area contributed by atoms with E-state index in [4.69, 9.17) is 4.74 Å². The highest BCUT2D eigenvalue weighted by atomic mass is 16.6. The van der Waals surface area contributed by atoms with Crippen molar-refractivity contribution in [3.8, 4) is 0 Å². The van der Waals surface area contributed by atoms with Gasteiger partial charge < -0.3 is 10.1 Å².